The van der Waals surface area contributed by atoms with Crippen LogP contribution in [0.1, 0.15) is 27.2 Å². The van der Waals surface area contributed by atoms with Gasteiger partial charge in [-0.15, -0.1) is 0 Å². The van der Waals surface area contributed by atoms with Crippen molar-refractivity contribution in [1.82, 2.24) is 10.2 Å². The third-order valence-corrected chi connectivity index (χ3v) is 2.90. The molecule has 0 saturated heterocycles. The summed E-state index contributed by atoms with van der Waals surface area (Å²) >= 11 is 0. The van der Waals surface area contributed by atoms with Gasteiger partial charge in [0.1, 0.15) is 5.84 Å². The summed E-state index contributed by atoms with van der Waals surface area (Å²) in [7, 11) is 1.77. The number of nitrogens with two attached hydrogens (primary N) is 1. The number of hydrogen-bond acceptors (Lipinski definition) is 4. The SMILES string of the molecule is CCN(C)C(=O)CNCCC(C)(C)C(N)=NO. The van der Waals surface area contributed by atoms with Gasteiger partial charge >= 0.3 is 0 Å². The molecule has 0 fully saturated rings. The fourth-order valence-corrected chi connectivity index (χ4v) is 1.17. The van der Waals surface area contributed by atoms with Crippen LogP contribution in [-0.2, 0) is 4.79 Å². The van der Waals surface area contributed by atoms with Crippen molar-refractivity contribution in [3.8, 4) is 0 Å². The molecule has 17 heavy (non-hydrogen) atoms. The van der Waals surface area contributed by atoms with E-state index in [1.807, 2.05) is 20.8 Å². The van der Waals surface area contributed by atoms with Crippen LogP contribution in [0.25, 0.3) is 0 Å². The van der Waals surface area contributed by atoms with Crippen LogP contribution in [0.2, 0.25) is 0 Å². The molecule has 0 bridgehead atoms. The van der Waals surface area contributed by atoms with Crippen LogP contribution in [0.3, 0.4) is 0 Å². The number of carbonyl (C=O) groups excluding carboxylic acids is 1. The molecular weight excluding hydrogens is 220 g/mol. The molecule has 0 aliphatic carbocycles. The fraction of sp³-hybridized carbons (Fsp3) is 0.818. The summed E-state index contributed by atoms with van der Waals surface area (Å²) in [4.78, 5) is 13.1. The molecule has 0 spiro atoms. The van der Waals surface area contributed by atoms with Gasteiger partial charge in [0.2, 0.25) is 5.91 Å². The van der Waals surface area contributed by atoms with Crippen LogP contribution in [0.4, 0.5) is 0 Å². The topological polar surface area (TPSA) is 91.0 Å². The summed E-state index contributed by atoms with van der Waals surface area (Å²) in [6, 6.07) is 0. The lowest BCUT2D eigenvalue weighted by Crippen LogP contribution is -2.38. The second-order valence-corrected chi connectivity index (χ2v) is 4.70. The minimum Gasteiger partial charge on any atom is -0.409 e. The van der Waals surface area contributed by atoms with Crippen LogP contribution in [0.15, 0.2) is 5.16 Å². The number of rotatable bonds is 7. The number of likely N-dealkylation sites (N-methyl/N-ethyl adjacent to an activating group) is 1. The maximum Gasteiger partial charge on any atom is 0.236 e. The van der Waals surface area contributed by atoms with Gasteiger partial charge < -0.3 is 21.2 Å². The van der Waals surface area contributed by atoms with Gasteiger partial charge in [-0.3, -0.25) is 4.79 Å². The molecule has 0 aromatic carbocycles. The lowest BCUT2D eigenvalue weighted by molar-refractivity contribution is -0.128. The lowest BCUT2D eigenvalue weighted by atomic mass is 9.88. The normalized spacial score (nSPS) is 12.6. The molecule has 1 amide bonds. The molecule has 4 N–H and O–H groups in total. The summed E-state index contributed by atoms with van der Waals surface area (Å²) in [5, 5.41) is 14.7. The number of amides is 1. The highest BCUT2D eigenvalue weighted by Crippen LogP contribution is 2.19. The Morgan fingerprint density at radius 2 is 2.12 bits per heavy atom. The van der Waals surface area contributed by atoms with E-state index in [9.17, 15) is 4.79 Å². The second-order valence-electron chi connectivity index (χ2n) is 4.70. The van der Waals surface area contributed by atoms with Crippen molar-refractivity contribution in [1.29, 1.82) is 0 Å². The highest BCUT2D eigenvalue weighted by molar-refractivity contribution is 5.85. The Morgan fingerprint density at radius 1 is 1.53 bits per heavy atom. The van der Waals surface area contributed by atoms with Crippen molar-refractivity contribution in [2.75, 3.05) is 26.7 Å². The zero-order valence-corrected chi connectivity index (χ0v) is 11.2. The first kappa shape index (κ1) is 15.7. The maximum absolute atomic E-state index is 11.5. The van der Waals surface area contributed by atoms with E-state index < -0.39 is 0 Å². The van der Waals surface area contributed by atoms with Gasteiger partial charge in [0, 0.05) is 19.0 Å². The number of nitrogens with one attached hydrogen (secondary N) is 1. The van der Waals surface area contributed by atoms with Crippen molar-refractivity contribution in [3.05, 3.63) is 0 Å². The van der Waals surface area contributed by atoms with Crippen LogP contribution < -0.4 is 11.1 Å². The van der Waals surface area contributed by atoms with E-state index in [4.69, 9.17) is 10.9 Å². The summed E-state index contributed by atoms with van der Waals surface area (Å²) in [6.45, 7) is 7.38. The number of amidine groups is 1. The molecule has 0 aromatic heterocycles. The molecule has 0 aliphatic heterocycles. The third kappa shape index (κ3) is 5.53. The lowest BCUT2D eigenvalue weighted by Gasteiger charge is -2.23. The van der Waals surface area contributed by atoms with E-state index in [0.29, 0.717) is 26.1 Å². The van der Waals surface area contributed by atoms with E-state index >= 15 is 0 Å². The number of oxime groups is 1. The highest BCUT2D eigenvalue weighted by Gasteiger charge is 2.22. The predicted molar refractivity (Wildman–Crippen MR) is 68.0 cm³/mol. The number of nitrogens with zero attached hydrogens (tertiary/aromatic N) is 2. The van der Waals surface area contributed by atoms with Crippen molar-refractivity contribution in [2.24, 2.45) is 16.3 Å². The number of carbonyl (C=O) groups is 1. The molecule has 0 unspecified atom stereocenters. The molecule has 6 nitrogen and oxygen atoms in total. The van der Waals surface area contributed by atoms with E-state index in [1.54, 1.807) is 11.9 Å². The predicted octanol–water partition coefficient (Wildman–Crippen LogP) is 0.217. The van der Waals surface area contributed by atoms with Crippen molar-refractivity contribution in [2.45, 2.75) is 27.2 Å². The van der Waals surface area contributed by atoms with Crippen molar-refractivity contribution in [3.63, 3.8) is 0 Å². The molecule has 0 aromatic rings. The Bertz CT molecular complexity index is 277. The van der Waals surface area contributed by atoms with E-state index in [-0.39, 0.29) is 17.2 Å². The van der Waals surface area contributed by atoms with Gasteiger partial charge in [-0.25, -0.2) is 0 Å². The average molecular weight is 244 g/mol. The number of hydrogen-bond donors (Lipinski definition) is 3. The zero-order chi connectivity index (χ0) is 13.5. The fourth-order valence-electron chi connectivity index (χ4n) is 1.17. The minimum atomic E-state index is -0.374. The molecule has 100 valence electrons. The molecule has 0 aliphatic rings. The average Bonchev–Trinajstić information content (AvgIpc) is 2.31. The monoisotopic (exact) mass is 244 g/mol. The maximum atomic E-state index is 11.5. The first-order valence-electron chi connectivity index (χ1n) is 5.77. The summed E-state index contributed by atoms with van der Waals surface area (Å²) in [5.41, 5.74) is 5.19. The third-order valence-electron chi connectivity index (χ3n) is 2.90. The zero-order valence-electron chi connectivity index (χ0n) is 11.2. The molecule has 0 atom stereocenters. The van der Waals surface area contributed by atoms with Gasteiger partial charge in [0.25, 0.3) is 0 Å². The van der Waals surface area contributed by atoms with Gasteiger partial charge in [0.05, 0.1) is 6.54 Å². The Kier molecular flexibility index (Phi) is 6.57. The smallest absolute Gasteiger partial charge is 0.236 e. The molecule has 0 saturated carbocycles. The summed E-state index contributed by atoms with van der Waals surface area (Å²) in [5.74, 6) is 0.269. The highest BCUT2D eigenvalue weighted by atomic mass is 16.4. The molecule has 0 heterocycles. The van der Waals surface area contributed by atoms with E-state index in [0.717, 1.165) is 0 Å². The first-order chi connectivity index (χ1) is 7.85. The van der Waals surface area contributed by atoms with Crippen molar-refractivity contribution < 1.29 is 10.0 Å². The Labute approximate surface area is 103 Å². The van der Waals surface area contributed by atoms with E-state index in [2.05, 4.69) is 10.5 Å². The van der Waals surface area contributed by atoms with Crippen LogP contribution >= 0.6 is 0 Å². The van der Waals surface area contributed by atoms with E-state index in [1.165, 1.54) is 0 Å². The quantitative estimate of drug-likeness (QED) is 0.196. The molecule has 0 rings (SSSR count). The van der Waals surface area contributed by atoms with Gasteiger partial charge in [-0.1, -0.05) is 19.0 Å². The van der Waals surface area contributed by atoms with Crippen LogP contribution in [-0.4, -0.2) is 48.5 Å². The second kappa shape index (κ2) is 7.11. The minimum absolute atomic E-state index is 0.0640. The van der Waals surface area contributed by atoms with Gasteiger partial charge in [0.15, 0.2) is 0 Å². The molecule has 0 radical (unpaired) electrons. The Hall–Kier alpha value is -1.30. The molecule has 6 heteroatoms. The van der Waals surface area contributed by atoms with Crippen LogP contribution in [0, 0.1) is 5.41 Å². The largest absolute Gasteiger partial charge is 0.409 e. The standard InChI is InChI=1S/C11H24N4O2/c1-5-15(4)9(16)8-13-7-6-11(2,3)10(12)14-17/h13,17H,5-8H2,1-4H3,(H2,12,14). The van der Waals surface area contributed by atoms with Gasteiger partial charge in [-0.2, -0.15) is 0 Å². The Balaban J connectivity index is 3.90. The van der Waals surface area contributed by atoms with Crippen LogP contribution in [0.5, 0.6) is 0 Å². The molecular formula is C11H24N4O2. The first-order valence-corrected chi connectivity index (χ1v) is 5.77. The van der Waals surface area contributed by atoms with Gasteiger partial charge in [-0.05, 0) is 19.9 Å². The summed E-state index contributed by atoms with van der Waals surface area (Å²) < 4.78 is 0. The summed E-state index contributed by atoms with van der Waals surface area (Å²) in [6.07, 6.45) is 0.700. The Morgan fingerprint density at radius 3 is 2.59 bits per heavy atom. The van der Waals surface area contributed by atoms with Crippen molar-refractivity contribution >= 4 is 11.7 Å².